The number of nitrogen functional groups attached to an aromatic ring is 1. The summed E-state index contributed by atoms with van der Waals surface area (Å²) in [5.41, 5.74) is 6.99. The van der Waals surface area contributed by atoms with Crippen LogP contribution in [0.3, 0.4) is 0 Å². The third kappa shape index (κ3) is 3.13. The average molecular weight is 249 g/mol. The van der Waals surface area contributed by atoms with Gasteiger partial charge in [-0.05, 0) is 43.0 Å². The quantitative estimate of drug-likeness (QED) is 0.695. The lowest BCUT2D eigenvalue weighted by molar-refractivity contribution is 0.136. The number of likely N-dealkylation sites (tertiary alicyclic amines) is 1. The van der Waals surface area contributed by atoms with Gasteiger partial charge in [-0.25, -0.2) is 4.79 Å². The Kier molecular flexibility index (Phi) is 4.04. The molecule has 1 aliphatic rings. The molecule has 2 rings (SSSR count). The van der Waals surface area contributed by atoms with Crippen LogP contribution in [-0.2, 0) is 0 Å². The molecule has 1 atom stereocenters. The van der Waals surface area contributed by atoms with Crippen molar-refractivity contribution in [3.63, 3.8) is 0 Å². The van der Waals surface area contributed by atoms with Gasteiger partial charge in [0, 0.05) is 31.1 Å². The minimum absolute atomic E-state index is 0.113. The van der Waals surface area contributed by atoms with E-state index in [1.807, 2.05) is 0 Å². The second-order valence-electron chi connectivity index (χ2n) is 4.69. The lowest BCUT2D eigenvalue weighted by atomic mass is 9.99. The molecule has 1 fully saturated rings. The maximum atomic E-state index is 12.0. The van der Waals surface area contributed by atoms with Crippen LogP contribution in [0.5, 0.6) is 0 Å². The molecule has 1 heterocycles. The average Bonchev–Trinajstić information content (AvgIpc) is 2.41. The minimum atomic E-state index is -0.113. The summed E-state index contributed by atoms with van der Waals surface area (Å²) in [7, 11) is 0. The first kappa shape index (κ1) is 12.7. The molecule has 1 aromatic carbocycles. The zero-order valence-corrected chi connectivity index (χ0v) is 10.3. The van der Waals surface area contributed by atoms with Crippen molar-refractivity contribution in [3.05, 3.63) is 24.3 Å². The van der Waals surface area contributed by atoms with E-state index >= 15 is 0 Å². The Morgan fingerprint density at radius 2 is 2.17 bits per heavy atom. The smallest absolute Gasteiger partial charge is 0.321 e. The lowest BCUT2D eigenvalue weighted by Gasteiger charge is -2.31. The normalized spacial score (nSPS) is 19.6. The van der Waals surface area contributed by atoms with Crippen LogP contribution in [-0.4, -0.2) is 35.7 Å². The third-order valence-electron chi connectivity index (χ3n) is 3.23. The molecule has 18 heavy (non-hydrogen) atoms. The van der Waals surface area contributed by atoms with E-state index in [0.717, 1.165) is 25.1 Å². The Morgan fingerprint density at radius 1 is 1.44 bits per heavy atom. The molecular weight excluding hydrogens is 230 g/mol. The molecule has 0 saturated carbocycles. The van der Waals surface area contributed by atoms with Crippen molar-refractivity contribution in [3.8, 4) is 0 Å². The van der Waals surface area contributed by atoms with Gasteiger partial charge in [-0.15, -0.1) is 0 Å². The van der Waals surface area contributed by atoms with Crippen molar-refractivity contribution in [1.29, 1.82) is 0 Å². The molecule has 0 spiro atoms. The van der Waals surface area contributed by atoms with E-state index in [1.54, 1.807) is 29.2 Å². The van der Waals surface area contributed by atoms with Crippen LogP contribution in [0.4, 0.5) is 16.2 Å². The summed E-state index contributed by atoms with van der Waals surface area (Å²) in [6.07, 6.45) is 1.93. The molecular formula is C13H19N3O2. The second-order valence-corrected chi connectivity index (χ2v) is 4.69. The summed E-state index contributed by atoms with van der Waals surface area (Å²) in [6, 6.07) is 6.95. The van der Waals surface area contributed by atoms with Crippen LogP contribution in [0.1, 0.15) is 12.8 Å². The number of nitrogens with one attached hydrogen (secondary N) is 1. The van der Waals surface area contributed by atoms with Crippen LogP contribution >= 0.6 is 0 Å². The zero-order chi connectivity index (χ0) is 13.0. The van der Waals surface area contributed by atoms with Gasteiger partial charge < -0.3 is 21.1 Å². The predicted octanol–water partition coefficient (Wildman–Crippen LogP) is 1.50. The lowest BCUT2D eigenvalue weighted by Crippen LogP contribution is -2.43. The first-order chi connectivity index (χ1) is 8.69. The summed E-state index contributed by atoms with van der Waals surface area (Å²) in [6.45, 7) is 1.51. The topological polar surface area (TPSA) is 78.6 Å². The summed E-state index contributed by atoms with van der Waals surface area (Å²) in [5, 5.41) is 12.0. The molecule has 2 amide bonds. The Labute approximate surface area is 107 Å². The van der Waals surface area contributed by atoms with Gasteiger partial charge in [-0.1, -0.05) is 0 Å². The molecule has 0 bridgehead atoms. The van der Waals surface area contributed by atoms with Gasteiger partial charge in [-0.2, -0.15) is 0 Å². The summed E-state index contributed by atoms with van der Waals surface area (Å²) < 4.78 is 0. The fourth-order valence-electron chi connectivity index (χ4n) is 2.17. The number of nitrogens with two attached hydrogens (primary N) is 1. The van der Waals surface area contributed by atoms with Crippen LogP contribution in [0.15, 0.2) is 24.3 Å². The van der Waals surface area contributed by atoms with Gasteiger partial charge in [0.2, 0.25) is 0 Å². The highest BCUT2D eigenvalue weighted by molar-refractivity contribution is 5.89. The standard InChI is InChI=1S/C13H19N3O2/c14-11-3-5-12(6-4-11)15-13(18)16-7-1-2-10(8-16)9-17/h3-6,10,17H,1-2,7-9,14H2,(H,15,18). The van der Waals surface area contributed by atoms with E-state index < -0.39 is 0 Å². The molecule has 98 valence electrons. The molecule has 1 aliphatic heterocycles. The molecule has 1 unspecified atom stereocenters. The van der Waals surface area contributed by atoms with E-state index in [0.29, 0.717) is 12.2 Å². The predicted molar refractivity (Wildman–Crippen MR) is 71.3 cm³/mol. The number of amides is 2. The number of anilines is 2. The van der Waals surface area contributed by atoms with Crippen molar-refractivity contribution < 1.29 is 9.90 Å². The van der Waals surface area contributed by atoms with Gasteiger partial charge in [0.15, 0.2) is 0 Å². The molecule has 0 aromatic heterocycles. The fourth-order valence-corrected chi connectivity index (χ4v) is 2.17. The van der Waals surface area contributed by atoms with Gasteiger partial charge in [0.25, 0.3) is 0 Å². The van der Waals surface area contributed by atoms with Gasteiger partial charge in [0.05, 0.1) is 0 Å². The molecule has 5 heteroatoms. The number of nitrogens with zero attached hydrogens (tertiary/aromatic N) is 1. The van der Waals surface area contributed by atoms with E-state index in [-0.39, 0.29) is 18.6 Å². The van der Waals surface area contributed by atoms with Gasteiger partial charge in [-0.3, -0.25) is 0 Å². The number of benzene rings is 1. The minimum Gasteiger partial charge on any atom is -0.399 e. The Hall–Kier alpha value is -1.75. The summed E-state index contributed by atoms with van der Waals surface area (Å²) in [4.78, 5) is 13.8. The number of carbonyl (C=O) groups is 1. The first-order valence-corrected chi connectivity index (χ1v) is 6.21. The highest BCUT2D eigenvalue weighted by Crippen LogP contribution is 2.17. The fraction of sp³-hybridized carbons (Fsp3) is 0.462. The molecule has 0 radical (unpaired) electrons. The van der Waals surface area contributed by atoms with Crippen LogP contribution in [0.2, 0.25) is 0 Å². The molecule has 5 nitrogen and oxygen atoms in total. The Bertz CT molecular complexity index is 405. The number of piperidine rings is 1. The first-order valence-electron chi connectivity index (χ1n) is 6.21. The van der Waals surface area contributed by atoms with E-state index in [9.17, 15) is 4.79 Å². The highest BCUT2D eigenvalue weighted by Gasteiger charge is 2.22. The van der Waals surface area contributed by atoms with Gasteiger partial charge >= 0.3 is 6.03 Å². The van der Waals surface area contributed by atoms with Crippen LogP contribution < -0.4 is 11.1 Å². The van der Waals surface area contributed by atoms with Crippen molar-refractivity contribution in [2.75, 3.05) is 30.7 Å². The van der Waals surface area contributed by atoms with E-state index in [2.05, 4.69) is 5.32 Å². The zero-order valence-electron chi connectivity index (χ0n) is 10.3. The number of aliphatic hydroxyl groups is 1. The Morgan fingerprint density at radius 3 is 2.83 bits per heavy atom. The Balaban J connectivity index is 1.93. The monoisotopic (exact) mass is 249 g/mol. The summed E-state index contributed by atoms with van der Waals surface area (Å²) >= 11 is 0. The van der Waals surface area contributed by atoms with E-state index in [1.165, 1.54) is 0 Å². The number of hydrogen-bond donors (Lipinski definition) is 3. The molecule has 0 aliphatic carbocycles. The number of rotatable bonds is 2. The van der Waals surface area contributed by atoms with Crippen LogP contribution in [0, 0.1) is 5.92 Å². The molecule has 1 aromatic rings. The largest absolute Gasteiger partial charge is 0.399 e. The van der Waals surface area contributed by atoms with Crippen molar-refractivity contribution >= 4 is 17.4 Å². The van der Waals surface area contributed by atoms with Crippen LogP contribution in [0.25, 0.3) is 0 Å². The maximum absolute atomic E-state index is 12.0. The number of urea groups is 1. The maximum Gasteiger partial charge on any atom is 0.321 e. The van der Waals surface area contributed by atoms with Gasteiger partial charge in [0.1, 0.15) is 0 Å². The summed E-state index contributed by atoms with van der Waals surface area (Å²) in [5.74, 6) is 0.205. The van der Waals surface area contributed by atoms with Crippen molar-refractivity contribution in [2.45, 2.75) is 12.8 Å². The number of hydrogen-bond acceptors (Lipinski definition) is 3. The van der Waals surface area contributed by atoms with E-state index in [4.69, 9.17) is 10.8 Å². The number of aliphatic hydroxyl groups excluding tert-OH is 1. The van der Waals surface area contributed by atoms with Crippen molar-refractivity contribution in [1.82, 2.24) is 4.90 Å². The SMILES string of the molecule is Nc1ccc(NC(=O)N2CCCC(CO)C2)cc1. The highest BCUT2D eigenvalue weighted by atomic mass is 16.3. The van der Waals surface area contributed by atoms with Crippen molar-refractivity contribution in [2.24, 2.45) is 5.92 Å². The molecule has 4 N–H and O–H groups in total. The second kappa shape index (κ2) is 5.73. The third-order valence-corrected chi connectivity index (χ3v) is 3.23. The number of carbonyl (C=O) groups excluding carboxylic acids is 1. The molecule has 1 saturated heterocycles.